The monoisotopic (exact) mass is 611 g/mol. The van der Waals surface area contributed by atoms with Crippen LogP contribution in [0.3, 0.4) is 0 Å². The van der Waals surface area contributed by atoms with E-state index in [1.54, 1.807) is 49.9 Å². The van der Waals surface area contributed by atoms with Crippen molar-refractivity contribution >= 4 is 17.7 Å². The third-order valence-electron chi connectivity index (χ3n) is 8.93. The fourth-order valence-electron chi connectivity index (χ4n) is 6.73. The van der Waals surface area contributed by atoms with Crippen molar-refractivity contribution in [2.45, 2.75) is 56.5 Å². The summed E-state index contributed by atoms with van der Waals surface area (Å²) in [7, 11) is 8.66. The summed E-state index contributed by atoms with van der Waals surface area (Å²) in [4.78, 5) is 45.4. The molecule has 2 heterocycles. The summed E-state index contributed by atoms with van der Waals surface area (Å²) in [5.41, 5.74) is 4.16. The van der Waals surface area contributed by atoms with Gasteiger partial charge in [-0.1, -0.05) is 12.1 Å². The number of carbonyl (C=O) groups excluding carboxylic acids is 3. The molecule has 1 aliphatic heterocycles. The smallest absolute Gasteiger partial charge is 0.253 e. The van der Waals surface area contributed by atoms with Gasteiger partial charge in [0, 0.05) is 51.9 Å². The Bertz CT molecular complexity index is 1580. The maximum atomic E-state index is 13.1. The third kappa shape index (κ3) is 6.04. The quantitative estimate of drug-likeness (QED) is 0.408. The number of aryl methyl sites for hydroxylation is 3. The molecule has 12 heteroatoms. The van der Waals surface area contributed by atoms with Gasteiger partial charge < -0.3 is 20.0 Å². The van der Waals surface area contributed by atoms with Gasteiger partial charge in [-0.25, -0.2) is 0 Å². The lowest BCUT2D eigenvalue weighted by Gasteiger charge is -2.36. The summed E-state index contributed by atoms with van der Waals surface area (Å²) in [5.74, 6) is 0.218. The largest absolute Gasteiger partial charge is 0.345 e. The van der Waals surface area contributed by atoms with Crippen LogP contribution in [0.25, 0.3) is 0 Å². The van der Waals surface area contributed by atoms with Gasteiger partial charge in [-0.05, 0) is 90.8 Å². The summed E-state index contributed by atoms with van der Waals surface area (Å²) in [6, 6.07) is 13.2. The number of carbonyl (C=O) groups is 3. The first-order valence-electron chi connectivity index (χ1n) is 15.3. The number of rotatable bonds is 8. The number of likely N-dealkylation sites (tertiary alicyclic amines) is 1. The maximum absolute atomic E-state index is 13.1. The molecule has 1 aliphatic carbocycles. The molecule has 0 unspecified atom stereocenters. The van der Waals surface area contributed by atoms with Gasteiger partial charge in [-0.2, -0.15) is 10.1 Å². The average Bonchev–Trinajstić information content (AvgIpc) is 3.67. The Balaban J connectivity index is 1.63. The molecule has 2 atom stereocenters. The van der Waals surface area contributed by atoms with Crippen molar-refractivity contribution in [3.63, 3.8) is 0 Å². The number of aromatic nitrogens is 4. The van der Waals surface area contributed by atoms with Gasteiger partial charge in [0.25, 0.3) is 11.8 Å². The lowest BCUT2D eigenvalue weighted by Crippen LogP contribution is -2.45. The van der Waals surface area contributed by atoms with Crippen molar-refractivity contribution in [1.82, 2.24) is 40.2 Å². The number of hydrogen-bond donors (Lipinski definition) is 1. The number of amides is 3. The molecule has 1 aromatic heterocycles. The number of fused-ring (bicyclic) bond motifs is 2. The highest BCUT2D eigenvalue weighted by Crippen LogP contribution is 2.47. The van der Waals surface area contributed by atoms with E-state index < -0.39 is 5.41 Å². The second-order valence-electron chi connectivity index (χ2n) is 12.5. The van der Waals surface area contributed by atoms with Crippen LogP contribution in [0.1, 0.15) is 75.0 Å². The molecule has 3 amide bonds. The van der Waals surface area contributed by atoms with Crippen LogP contribution in [0.2, 0.25) is 0 Å². The van der Waals surface area contributed by atoms with Crippen molar-refractivity contribution in [3.05, 3.63) is 75.6 Å². The molecule has 0 bridgehead atoms. The molecule has 0 saturated carbocycles. The highest BCUT2D eigenvalue weighted by atomic mass is 16.2. The minimum Gasteiger partial charge on any atom is -0.345 e. The van der Waals surface area contributed by atoms with E-state index in [0.29, 0.717) is 49.2 Å². The zero-order valence-corrected chi connectivity index (χ0v) is 26.9. The Morgan fingerprint density at radius 2 is 1.60 bits per heavy atom. The molecule has 45 heavy (non-hydrogen) atoms. The van der Waals surface area contributed by atoms with Crippen LogP contribution in [0.5, 0.6) is 0 Å². The molecule has 0 spiro atoms. The number of nitriles is 1. The predicted octanol–water partition coefficient (Wildman–Crippen LogP) is 1.93. The van der Waals surface area contributed by atoms with E-state index in [0.717, 1.165) is 28.7 Å². The van der Waals surface area contributed by atoms with Gasteiger partial charge in [0.15, 0.2) is 5.82 Å². The topological polar surface area (TPSA) is 140 Å². The molecule has 2 aromatic carbocycles. The van der Waals surface area contributed by atoms with Crippen LogP contribution in [0.15, 0.2) is 36.4 Å². The number of tetrazole rings is 1. The fraction of sp³-hybridized carbons (Fsp3) is 0.485. The molecular formula is C33H41N9O3. The van der Waals surface area contributed by atoms with E-state index in [1.807, 2.05) is 43.3 Å². The van der Waals surface area contributed by atoms with Gasteiger partial charge in [-0.15, -0.1) is 10.2 Å². The lowest BCUT2D eigenvalue weighted by molar-refractivity contribution is -0.130. The summed E-state index contributed by atoms with van der Waals surface area (Å²) >= 11 is 0. The Hall–Kier alpha value is -4.63. The van der Waals surface area contributed by atoms with Crippen molar-refractivity contribution in [3.8, 4) is 6.07 Å². The summed E-state index contributed by atoms with van der Waals surface area (Å²) in [6.45, 7) is 2.70. The Kier molecular flexibility index (Phi) is 9.02. The minimum absolute atomic E-state index is 0.0900. The number of nitrogens with one attached hydrogen (secondary N) is 1. The van der Waals surface area contributed by atoms with Crippen LogP contribution in [-0.4, -0.2) is 106 Å². The zero-order chi connectivity index (χ0) is 32.5. The standard InChI is InChI=1S/C33H41N9O3/c1-21(35-20-29(43)42-15-7-8-26(42)19-34)18-33(32-36-38-41(6)37-32)27-13-11-24(30(44)39(2)3)16-22(27)9-10-23-17-25(12-14-28(23)33)31(45)40(4)5/h11-14,16-17,21,26,35H,7-10,15,18,20H2,1-6H3/t21-,26-/m0/s1. The van der Waals surface area contributed by atoms with Gasteiger partial charge in [0.2, 0.25) is 5.91 Å². The molecule has 236 valence electrons. The van der Waals surface area contributed by atoms with Gasteiger partial charge in [0.05, 0.1) is 25.1 Å². The van der Waals surface area contributed by atoms with Crippen molar-refractivity contribution in [2.75, 3.05) is 41.3 Å². The van der Waals surface area contributed by atoms with E-state index >= 15 is 0 Å². The average molecular weight is 612 g/mol. The normalized spacial score (nSPS) is 17.4. The predicted molar refractivity (Wildman–Crippen MR) is 167 cm³/mol. The fourth-order valence-corrected chi connectivity index (χ4v) is 6.73. The van der Waals surface area contributed by atoms with Crippen LogP contribution >= 0.6 is 0 Å². The van der Waals surface area contributed by atoms with Crippen molar-refractivity contribution in [2.24, 2.45) is 7.05 Å². The molecule has 0 radical (unpaired) electrons. The molecule has 1 fully saturated rings. The van der Waals surface area contributed by atoms with Crippen molar-refractivity contribution in [1.29, 1.82) is 5.26 Å². The maximum Gasteiger partial charge on any atom is 0.253 e. The highest BCUT2D eigenvalue weighted by Gasteiger charge is 2.46. The number of hydrogen-bond acceptors (Lipinski definition) is 8. The van der Waals surface area contributed by atoms with Gasteiger partial charge in [-0.3, -0.25) is 14.4 Å². The van der Waals surface area contributed by atoms with Crippen LogP contribution in [0.4, 0.5) is 0 Å². The minimum atomic E-state index is -0.910. The molecule has 3 aromatic rings. The third-order valence-corrected chi connectivity index (χ3v) is 8.93. The highest BCUT2D eigenvalue weighted by molar-refractivity contribution is 5.95. The second kappa shape index (κ2) is 12.8. The summed E-state index contributed by atoms with van der Waals surface area (Å²) in [6.07, 6.45) is 3.27. The molecule has 2 aliphatic rings. The first kappa shape index (κ1) is 31.8. The summed E-state index contributed by atoms with van der Waals surface area (Å²) < 4.78 is 0. The lowest BCUT2D eigenvalue weighted by atomic mass is 9.67. The molecule has 1 saturated heterocycles. The second-order valence-corrected chi connectivity index (χ2v) is 12.5. The Labute approximate surface area is 264 Å². The van der Waals surface area contributed by atoms with Gasteiger partial charge >= 0.3 is 0 Å². The van der Waals surface area contributed by atoms with Crippen LogP contribution in [0, 0.1) is 11.3 Å². The van der Waals surface area contributed by atoms with Crippen molar-refractivity contribution < 1.29 is 14.4 Å². The van der Waals surface area contributed by atoms with Crippen LogP contribution in [-0.2, 0) is 30.1 Å². The molecule has 12 nitrogen and oxygen atoms in total. The van der Waals surface area contributed by atoms with E-state index in [2.05, 4.69) is 21.7 Å². The SMILES string of the molecule is C[C@@H](CC1(c2nnn(C)n2)c2ccc(C(=O)N(C)C)cc2CCc2cc(C(=O)N(C)C)ccc21)NCC(=O)N1CCC[C@H]1C#N. The molecule has 5 rings (SSSR count). The van der Waals surface area contributed by atoms with Crippen LogP contribution < -0.4 is 5.32 Å². The first-order chi connectivity index (χ1) is 21.5. The van der Waals surface area contributed by atoms with E-state index in [1.165, 1.54) is 4.80 Å². The first-order valence-corrected chi connectivity index (χ1v) is 15.3. The zero-order valence-electron chi connectivity index (χ0n) is 26.9. The van der Waals surface area contributed by atoms with Gasteiger partial charge in [0.1, 0.15) is 6.04 Å². The Morgan fingerprint density at radius 3 is 2.09 bits per heavy atom. The number of benzene rings is 2. The van der Waals surface area contributed by atoms with E-state index in [9.17, 15) is 19.6 Å². The Morgan fingerprint density at radius 1 is 1.02 bits per heavy atom. The number of nitrogens with zero attached hydrogens (tertiary/aromatic N) is 8. The summed E-state index contributed by atoms with van der Waals surface area (Å²) in [5, 5.41) is 26.5. The molecule has 1 N–H and O–H groups in total. The van der Waals surface area contributed by atoms with E-state index in [4.69, 9.17) is 5.10 Å². The van der Waals surface area contributed by atoms with E-state index in [-0.39, 0.29) is 36.3 Å². The molecular weight excluding hydrogens is 570 g/mol.